The quantitative estimate of drug-likeness (QED) is 0.267. The third-order valence-corrected chi connectivity index (χ3v) is 5.64. The van der Waals surface area contributed by atoms with Crippen LogP contribution in [0, 0.1) is 0 Å². The van der Waals surface area contributed by atoms with Crippen LogP contribution in [0.4, 0.5) is 5.13 Å². The van der Waals surface area contributed by atoms with E-state index >= 15 is 0 Å². The van der Waals surface area contributed by atoms with Gasteiger partial charge in [-0.25, -0.2) is 4.98 Å². The number of halogens is 1. The van der Waals surface area contributed by atoms with Crippen molar-refractivity contribution in [1.29, 1.82) is 0 Å². The maximum Gasteiger partial charge on any atom is 0.203 e. The summed E-state index contributed by atoms with van der Waals surface area (Å²) in [6.07, 6.45) is -0.850. The van der Waals surface area contributed by atoms with Gasteiger partial charge >= 0.3 is 0 Å². The minimum absolute atomic E-state index is 0.539. The number of anilines is 1. The van der Waals surface area contributed by atoms with E-state index in [1.807, 2.05) is 90.3 Å². The Kier molecular flexibility index (Phi) is 6.14. The Hall–Kier alpha value is -2.80. The molecule has 0 aliphatic rings. The normalized spacial score (nSPS) is 12.6. The van der Waals surface area contributed by atoms with Crippen LogP contribution in [0.25, 0.3) is 11.3 Å². The highest BCUT2D eigenvalue weighted by Crippen LogP contribution is 2.27. The smallest absolute Gasteiger partial charge is 0.203 e. The Labute approximate surface area is 181 Å². The number of aliphatic hydroxyl groups is 1. The molecule has 6 heteroatoms. The van der Waals surface area contributed by atoms with Crippen molar-refractivity contribution < 1.29 is 5.11 Å². The molecule has 2 N–H and O–H groups in total. The summed E-state index contributed by atoms with van der Waals surface area (Å²) in [5.74, 6) is 0. The highest BCUT2D eigenvalue weighted by molar-refractivity contribution is 9.10. The number of rotatable bonds is 6. The van der Waals surface area contributed by atoms with Crippen molar-refractivity contribution in [2.45, 2.75) is 6.10 Å². The van der Waals surface area contributed by atoms with Crippen LogP contribution in [0.2, 0.25) is 0 Å². The zero-order chi connectivity index (χ0) is 20.1. The number of aliphatic hydroxyl groups excluding tert-OH is 1. The van der Waals surface area contributed by atoms with Crippen LogP contribution in [-0.2, 0) is 0 Å². The molecule has 4 nitrogen and oxygen atoms in total. The summed E-state index contributed by atoms with van der Waals surface area (Å²) in [4.78, 5) is 4.61. The van der Waals surface area contributed by atoms with Gasteiger partial charge in [0, 0.05) is 21.0 Å². The number of hydrogen-bond donors (Lipinski definition) is 2. The third kappa shape index (κ3) is 4.79. The van der Waals surface area contributed by atoms with Gasteiger partial charge in [-0.15, -0.1) is 11.3 Å². The van der Waals surface area contributed by atoms with Crippen molar-refractivity contribution in [3.63, 3.8) is 0 Å². The Morgan fingerprint density at radius 1 is 0.931 bits per heavy atom. The monoisotopic (exact) mass is 463 g/mol. The molecule has 1 atom stereocenters. The van der Waals surface area contributed by atoms with Gasteiger partial charge in [0.15, 0.2) is 0 Å². The van der Waals surface area contributed by atoms with Gasteiger partial charge in [0.05, 0.1) is 5.69 Å². The number of hydrazone groups is 1. The Morgan fingerprint density at radius 2 is 1.59 bits per heavy atom. The Bertz CT molecular complexity index is 1100. The van der Waals surface area contributed by atoms with Crippen LogP contribution in [0.15, 0.2) is 99.9 Å². The molecule has 0 saturated heterocycles. The zero-order valence-corrected chi connectivity index (χ0v) is 17.8. The van der Waals surface area contributed by atoms with E-state index in [2.05, 4.69) is 31.4 Å². The second-order valence-electron chi connectivity index (χ2n) is 6.33. The van der Waals surface area contributed by atoms with E-state index in [1.54, 1.807) is 0 Å². The molecule has 1 heterocycles. The zero-order valence-electron chi connectivity index (χ0n) is 15.4. The van der Waals surface area contributed by atoms with E-state index in [9.17, 15) is 5.11 Å². The first-order chi connectivity index (χ1) is 14.2. The Morgan fingerprint density at radius 3 is 2.28 bits per heavy atom. The number of hydrogen-bond acceptors (Lipinski definition) is 5. The minimum Gasteiger partial charge on any atom is -0.382 e. The summed E-state index contributed by atoms with van der Waals surface area (Å²) in [5, 5.41) is 18.1. The number of nitrogens with one attached hydrogen (secondary N) is 1. The molecule has 29 heavy (non-hydrogen) atoms. The molecular weight excluding hydrogens is 446 g/mol. The maximum absolute atomic E-state index is 10.9. The standard InChI is InChI=1S/C23H18BrN3OS/c24-19-13-11-16(12-14-19)20-15-29-23(25-20)27-26-21(17-7-3-1-4-8-17)22(28)18-9-5-2-6-10-18/h1-15,22,28H,(H,25,27)/b26-21+. The summed E-state index contributed by atoms with van der Waals surface area (Å²) < 4.78 is 1.03. The van der Waals surface area contributed by atoms with Gasteiger partial charge in [-0.05, 0) is 17.7 Å². The first-order valence-corrected chi connectivity index (χ1v) is 10.7. The molecule has 144 valence electrons. The van der Waals surface area contributed by atoms with Crippen molar-refractivity contribution in [3.05, 3.63) is 106 Å². The van der Waals surface area contributed by atoms with Gasteiger partial charge in [-0.1, -0.05) is 88.7 Å². The lowest BCUT2D eigenvalue weighted by atomic mass is 9.99. The van der Waals surface area contributed by atoms with Crippen LogP contribution in [0.5, 0.6) is 0 Å². The second kappa shape index (κ2) is 9.13. The lowest BCUT2D eigenvalue weighted by molar-refractivity contribution is 0.248. The highest BCUT2D eigenvalue weighted by atomic mass is 79.9. The molecule has 0 amide bonds. The van der Waals surface area contributed by atoms with E-state index < -0.39 is 6.10 Å². The van der Waals surface area contributed by atoms with E-state index in [4.69, 9.17) is 0 Å². The summed E-state index contributed by atoms with van der Waals surface area (Å²) in [5.41, 5.74) is 7.11. The lowest BCUT2D eigenvalue weighted by Gasteiger charge is -2.14. The molecule has 0 aliphatic heterocycles. The van der Waals surface area contributed by atoms with E-state index in [1.165, 1.54) is 11.3 Å². The van der Waals surface area contributed by atoms with Gasteiger partial charge < -0.3 is 5.11 Å². The number of aromatic nitrogens is 1. The molecule has 0 bridgehead atoms. The molecule has 0 saturated carbocycles. The Balaban J connectivity index is 1.61. The molecule has 0 aliphatic carbocycles. The van der Waals surface area contributed by atoms with E-state index in [-0.39, 0.29) is 0 Å². The van der Waals surface area contributed by atoms with Crippen molar-refractivity contribution in [3.8, 4) is 11.3 Å². The lowest BCUT2D eigenvalue weighted by Crippen LogP contribution is -2.15. The van der Waals surface area contributed by atoms with Gasteiger partial charge in [0.25, 0.3) is 0 Å². The molecular formula is C23H18BrN3OS. The topological polar surface area (TPSA) is 57.5 Å². The molecule has 3 aromatic carbocycles. The highest BCUT2D eigenvalue weighted by Gasteiger charge is 2.17. The molecule has 1 unspecified atom stereocenters. The van der Waals surface area contributed by atoms with Crippen LogP contribution in [0.1, 0.15) is 17.2 Å². The predicted octanol–water partition coefficient (Wildman–Crippen LogP) is 6.12. The average molecular weight is 464 g/mol. The third-order valence-electron chi connectivity index (χ3n) is 4.36. The molecule has 1 aromatic heterocycles. The average Bonchev–Trinajstić information content (AvgIpc) is 3.24. The van der Waals surface area contributed by atoms with Crippen LogP contribution >= 0.6 is 27.3 Å². The van der Waals surface area contributed by atoms with Crippen molar-refractivity contribution >= 4 is 38.1 Å². The first kappa shape index (κ1) is 19.5. The number of nitrogens with zero attached hydrogens (tertiary/aromatic N) is 2. The summed E-state index contributed by atoms with van der Waals surface area (Å²) in [6.45, 7) is 0. The predicted molar refractivity (Wildman–Crippen MR) is 123 cm³/mol. The fraction of sp³-hybridized carbons (Fsp3) is 0.0435. The van der Waals surface area contributed by atoms with Crippen LogP contribution < -0.4 is 5.43 Å². The largest absolute Gasteiger partial charge is 0.382 e. The number of benzene rings is 3. The van der Waals surface area contributed by atoms with Gasteiger partial charge in [0.2, 0.25) is 5.13 Å². The number of thiazole rings is 1. The first-order valence-electron chi connectivity index (χ1n) is 9.04. The van der Waals surface area contributed by atoms with E-state index in [0.717, 1.165) is 26.9 Å². The summed E-state index contributed by atoms with van der Waals surface area (Å²) >= 11 is 4.92. The molecule has 0 fully saturated rings. The SMILES string of the molecule is OC(/C(=N/Nc1nc(-c2ccc(Br)cc2)cs1)c1ccccc1)c1ccccc1. The minimum atomic E-state index is -0.850. The van der Waals surface area contributed by atoms with E-state index in [0.29, 0.717) is 10.8 Å². The summed E-state index contributed by atoms with van der Waals surface area (Å²) in [7, 11) is 0. The fourth-order valence-electron chi connectivity index (χ4n) is 2.87. The molecule has 0 radical (unpaired) electrons. The van der Waals surface area contributed by atoms with Gasteiger partial charge in [0.1, 0.15) is 11.8 Å². The van der Waals surface area contributed by atoms with Crippen molar-refractivity contribution in [2.75, 3.05) is 5.43 Å². The molecule has 4 rings (SSSR count). The van der Waals surface area contributed by atoms with Gasteiger partial charge in [-0.3, -0.25) is 5.43 Å². The second-order valence-corrected chi connectivity index (χ2v) is 8.11. The van der Waals surface area contributed by atoms with Gasteiger partial charge in [-0.2, -0.15) is 5.10 Å². The van der Waals surface area contributed by atoms with Crippen molar-refractivity contribution in [2.24, 2.45) is 5.10 Å². The maximum atomic E-state index is 10.9. The molecule has 4 aromatic rings. The van der Waals surface area contributed by atoms with Crippen molar-refractivity contribution in [1.82, 2.24) is 4.98 Å². The van der Waals surface area contributed by atoms with Crippen LogP contribution in [0.3, 0.4) is 0 Å². The van der Waals surface area contributed by atoms with Crippen LogP contribution in [-0.4, -0.2) is 15.8 Å². The fourth-order valence-corrected chi connectivity index (χ4v) is 3.80. The molecule has 0 spiro atoms. The summed E-state index contributed by atoms with van der Waals surface area (Å²) in [6, 6.07) is 27.2.